The highest BCUT2D eigenvalue weighted by molar-refractivity contribution is 8.15. The number of hydrogen-bond acceptors (Lipinski definition) is 4. The molecule has 1 heterocycles. The highest BCUT2D eigenvalue weighted by atomic mass is 32.2. The number of carbonyl (C=O) groups excluding carboxylic acids is 2. The van der Waals surface area contributed by atoms with Crippen molar-refractivity contribution >= 4 is 40.1 Å². The lowest BCUT2D eigenvalue weighted by Gasteiger charge is -2.16. The van der Waals surface area contributed by atoms with E-state index in [-0.39, 0.29) is 18.2 Å². The lowest BCUT2D eigenvalue weighted by molar-refractivity contribution is -0.128. The fourth-order valence-electron chi connectivity index (χ4n) is 3.45. The normalized spacial score (nSPS) is 17.5. The van der Waals surface area contributed by atoms with Gasteiger partial charge in [0.25, 0.3) is 0 Å². The smallest absolute Gasteiger partial charge is 0.242 e. The van der Waals surface area contributed by atoms with Crippen molar-refractivity contribution in [2.24, 2.45) is 4.99 Å². The fraction of sp³-hybridized carbons (Fsp3) is 0.400. The third-order valence-electron chi connectivity index (χ3n) is 5.59. The maximum absolute atomic E-state index is 13.1. The van der Waals surface area contributed by atoms with Crippen LogP contribution >= 0.6 is 11.8 Å². The number of anilines is 1. The molecule has 164 valence electrons. The number of unbranched alkanes of at least 4 members (excludes halogenated alkanes) is 1. The van der Waals surface area contributed by atoms with E-state index in [0.29, 0.717) is 11.7 Å². The fourth-order valence-corrected chi connectivity index (χ4v) is 4.62. The summed E-state index contributed by atoms with van der Waals surface area (Å²) in [5.41, 5.74) is 6.03. The molecular formula is C25H31N3O2S. The molecule has 1 unspecified atom stereocenters. The maximum atomic E-state index is 13.1. The second kappa shape index (κ2) is 10.1. The van der Waals surface area contributed by atoms with Gasteiger partial charge in [-0.1, -0.05) is 49.4 Å². The molecule has 5 nitrogen and oxygen atoms in total. The number of thioether (sulfide) groups is 1. The van der Waals surface area contributed by atoms with Crippen molar-refractivity contribution in [1.82, 2.24) is 4.90 Å². The van der Waals surface area contributed by atoms with E-state index in [1.165, 1.54) is 17.3 Å². The monoisotopic (exact) mass is 437 g/mol. The van der Waals surface area contributed by atoms with Crippen LogP contribution in [0.5, 0.6) is 0 Å². The summed E-state index contributed by atoms with van der Waals surface area (Å²) < 4.78 is 0. The molecule has 0 aromatic heterocycles. The van der Waals surface area contributed by atoms with E-state index in [0.717, 1.165) is 40.9 Å². The van der Waals surface area contributed by atoms with E-state index < -0.39 is 5.25 Å². The summed E-state index contributed by atoms with van der Waals surface area (Å²) in [6.45, 7) is 10.8. The van der Waals surface area contributed by atoms with Gasteiger partial charge in [-0.15, -0.1) is 0 Å². The Labute approximate surface area is 189 Å². The third kappa shape index (κ3) is 5.56. The minimum atomic E-state index is -0.453. The van der Waals surface area contributed by atoms with Crippen LogP contribution in [0.15, 0.2) is 41.4 Å². The van der Waals surface area contributed by atoms with Crippen molar-refractivity contribution in [2.75, 3.05) is 11.9 Å². The van der Waals surface area contributed by atoms with Gasteiger partial charge >= 0.3 is 0 Å². The van der Waals surface area contributed by atoms with Gasteiger partial charge < -0.3 is 5.32 Å². The summed E-state index contributed by atoms with van der Waals surface area (Å²) in [6.07, 6.45) is 2.02. The lowest BCUT2D eigenvalue weighted by atomic mass is 10.1. The molecule has 0 saturated carbocycles. The Hall–Kier alpha value is -2.60. The summed E-state index contributed by atoms with van der Waals surface area (Å²) >= 11 is 1.40. The van der Waals surface area contributed by atoms with Crippen molar-refractivity contribution < 1.29 is 9.59 Å². The van der Waals surface area contributed by atoms with E-state index in [4.69, 9.17) is 4.99 Å². The van der Waals surface area contributed by atoms with Gasteiger partial charge in [-0.05, 0) is 68.5 Å². The average molecular weight is 438 g/mol. The summed E-state index contributed by atoms with van der Waals surface area (Å²) in [4.78, 5) is 32.4. The van der Waals surface area contributed by atoms with Crippen LogP contribution in [0.2, 0.25) is 0 Å². The Kier molecular flexibility index (Phi) is 7.55. The van der Waals surface area contributed by atoms with E-state index >= 15 is 0 Å². The van der Waals surface area contributed by atoms with Crippen LogP contribution < -0.4 is 5.32 Å². The predicted molar refractivity (Wildman–Crippen MR) is 130 cm³/mol. The van der Waals surface area contributed by atoms with Crippen LogP contribution in [-0.2, 0) is 9.59 Å². The van der Waals surface area contributed by atoms with E-state index in [1.807, 2.05) is 51.1 Å². The molecule has 2 amide bonds. The number of aliphatic imine (C=N–C) groups is 1. The molecule has 1 fully saturated rings. The first kappa shape index (κ1) is 23.1. The third-order valence-corrected chi connectivity index (χ3v) is 6.76. The molecule has 0 radical (unpaired) electrons. The second-order valence-electron chi connectivity index (χ2n) is 8.13. The predicted octanol–water partition coefficient (Wildman–Crippen LogP) is 5.68. The summed E-state index contributed by atoms with van der Waals surface area (Å²) in [6, 6.07) is 12.0. The topological polar surface area (TPSA) is 61.8 Å². The molecular weight excluding hydrogens is 406 g/mol. The van der Waals surface area contributed by atoms with Crippen molar-refractivity contribution in [3.8, 4) is 0 Å². The van der Waals surface area contributed by atoms with Crippen molar-refractivity contribution in [2.45, 2.75) is 59.1 Å². The molecule has 31 heavy (non-hydrogen) atoms. The van der Waals surface area contributed by atoms with Crippen LogP contribution in [0.1, 0.15) is 48.4 Å². The minimum absolute atomic E-state index is 0.0291. The molecule has 0 spiro atoms. The number of amides is 2. The van der Waals surface area contributed by atoms with Crippen molar-refractivity contribution in [3.05, 3.63) is 58.7 Å². The highest BCUT2D eigenvalue weighted by Crippen LogP contribution is 2.33. The summed E-state index contributed by atoms with van der Waals surface area (Å²) in [7, 11) is 0. The zero-order valence-corrected chi connectivity index (χ0v) is 19.8. The van der Waals surface area contributed by atoms with Gasteiger partial charge in [0.15, 0.2) is 5.17 Å². The van der Waals surface area contributed by atoms with Gasteiger partial charge in [0.05, 0.1) is 5.69 Å². The van der Waals surface area contributed by atoms with Crippen molar-refractivity contribution in [3.63, 3.8) is 0 Å². The number of nitrogens with zero attached hydrogens (tertiary/aromatic N) is 2. The molecule has 0 bridgehead atoms. The van der Waals surface area contributed by atoms with Gasteiger partial charge in [-0.3, -0.25) is 14.5 Å². The van der Waals surface area contributed by atoms with Crippen LogP contribution in [-0.4, -0.2) is 33.7 Å². The van der Waals surface area contributed by atoms with E-state index in [9.17, 15) is 9.59 Å². The summed E-state index contributed by atoms with van der Waals surface area (Å²) in [5, 5.41) is 3.21. The molecule has 0 aliphatic carbocycles. The molecule has 1 saturated heterocycles. The number of amidine groups is 1. The summed E-state index contributed by atoms with van der Waals surface area (Å²) in [5.74, 6) is -0.179. The quantitative estimate of drug-likeness (QED) is 0.606. The first-order valence-corrected chi connectivity index (χ1v) is 11.7. The number of aryl methyl sites for hydroxylation is 3. The molecule has 1 atom stereocenters. The second-order valence-corrected chi connectivity index (χ2v) is 9.30. The lowest BCUT2D eigenvalue weighted by Crippen LogP contribution is -2.34. The Morgan fingerprint density at radius 2 is 1.90 bits per heavy atom. The average Bonchev–Trinajstić information content (AvgIpc) is 3.01. The number of benzene rings is 2. The Morgan fingerprint density at radius 1 is 1.13 bits per heavy atom. The van der Waals surface area contributed by atoms with Crippen LogP contribution in [0, 0.1) is 27.7 Å². The van der Waals surface area contributed by atoms with Crippen LogP contribution in [0.3, 0.4) is 0 Å². The van der Waals surface area contributed by atoms with Gasteiger partial charge in [0, 0.05) is 18.7 Å². The van der Waals surface area contributed by atoms with E-state index in [2.05, 4.69) is 25.2 Å². The zero-order chi connectivity index (χ0) is 22.5. The Bertz CT molecular complexity index is 1020. The molecule has 2 aromatic carbocycles. The number of hydrogen-bond donors (Lipinski definition) is 1. The number of nitrogens with one attached hydrogen (secondary N) is 1. The first-order chi connectivity index (χ1) is 14.8. The molecule has 1 aliphatic heterocycles. The van der Waals surface area contributed by atoms with E-state index in [1.54, 1.807) is 4.90 Å². The molecule has 6 heteroatoms. The maximum Gasteiger partial charge on any atom is 0.242 e. The van der Waals surface area contributed by atoms with Crippen LogP contribution in [0.4, 0.5) is 11.4 Å². The first-order valence-electron chi connectivity index (χ1n) is 10.8. The highest BCUT2D eigenvalue weighted by Gasteiger charge is 2.39. The molecule has 2 aromatic rings. The molecule has 1 aliphatic rings. The Balaban J connectivity index is 1.79. The SMILES string of the molecule is CCCCN1C(=O)C(CC(=O)Nc2cc(C)ccc2C)SC1=Nc1cccc(C)c1C. The van der Waals surface area contributed by atoms with Gasteiger partial charge in [-0.25, -0.2) is 4.99 Å². The minimum Gasteiger partial charge on any atom is -0.326 e. The van der Waals surface area contributed by atoms with Gasteiger partial charge in [0.1, 0.15) is 5.25 Å². The standard InChI is InChI=1S/C25H31N3O2S/c1-6-7-13-28-24(30)22(15-23(29)26-21-14-16(2)11-12-18(21)4)31-25(28)27-20-10-8-9-17(3)19(20)5/h8-12,14,22H,6-7,13,15H2,1-5H3,(H,26,29). The number of rotatable bonds is 7. The molecule has 3 rings (SSSR count). The largest absolute Gasteiger partial charge is 0.326 e. The Morgan fingerprint density at radius 3 is 2.65 bits per heavy atom. The van der Waals surface area contributed by atoms with Crippen LogP contribution in [0.25, 0.3) is 0 Å². The van der Waals surface area contributed by atoms with Gasteiger partial charge in [0.2, 0.25) is 11.8 Å². The number of carbonyl (C=O) groups is 2. The van der Waals surface area contributed by atoms with Gasteiger partial charge in [-0.2, -0.15) is 0 Å². The zero-order valence-electron chi connectivity index (χ0n) is 19.0. The molecule has 1 N–H and O–H groups in total. The van der Waals surface area contributed by atoms with Crippen molar-refractivity contribution in [1.29, 1.82) is 0 Å².